The maximum absolute atomic E-state index is 2.46. The molecule has 0 saturated heterocycles. The third-order valence-electron chi connectivity index (χ3n) is 3.12. The van der Waals surface area contributed by atoms with E-state index < -0.39 is 0 Å². The minimum absolute atomic E-state index is 0.809. The third kappa shape index (κ3) is 4.64. The van der Waals surface area contributed by atoms with Gasteiger partial charge in [0.2, 0.25) is 0 Å². The molecule has 0 bridgehead atoms. The van der Waals surface area contributed by atoms with E-state index >= 15 is 0 Å². The molecule has 0 aromatic heterocycles. The number of rotatable bonds is 5. The van der Waals surface area contributed by atoms with Gasteiger partial charge in [-0.1, -0.05) is 44.1 Å². The van der Waals surface area contributed by atoms with E-state index in [9.17, 15) is 0 Å². The zero-order valence-electron chi connectivity index (χ0n) is 9.71. The van der Waals surface area contributed by atoms with Gasteiger partial charge >= 0.3 is 0 Å². The van der Waals surface area contributed by atoms with E-state index in [0.717, 1.165) is 11.8 Å². The van der Waals surface area contributed by atoms with Gasteiger partial charge in [0.1, 0.15) is 0 Å². The number of hydrogen-bond acceptors (Lipinski definition) is 0. The van der Waals surface area contributed by atoms with Crippen LogP contribution in [0.5, 0.6) is 0 Å². The lowest BCUT2D eigenvalue weighted by Crippen LogP contribution is -1.91. The van der Waals surface area contributed by atoms with Crippen LogP contribution in [0.25, 0.3) is 0 Å². The van der Waals surface area contributed by atoms with Crippen LogP contribution in [0, 0.1) is 11.8 Å². The summed E-state index contributed by atoms with van der Waals surface area (Å²) >= 11 is 0. The average Bonchev–Trinajstić information content (AvgIpc) is 2.67. The second-order valence-electron chi connectivity index (χ2n) is 4.62. The fourth-order valence-electron chi connectivity index (χ4n) is 2.12. The summed E-state index contributed by atoms with van der Waals surface area (Å²) in [7, 11) is 0. The Morgan fingerprint density at radius 1 is 1.14 bits per heavy atom. The van der Waals surface area contributed by atoms with Crippen molar-refractivity contribution in [3.05, 3.63) is 24.3 Å². The quantitative estimate of drug-likeness (QED) is 0.553. The second-order valence-corrected chi connectivity index (χ2v) is 4.62. The Bertz CT molecular complexity index is 182. The Kier molecular flexibility index (Phi) is 5.66. The van der Waals surface area contributed by atoms with Crippen molar-refractivity contribution < 1.29 is 0 Å². The summed E-state index contributed by atoms with van der Waals surface area (Å²) in [4.78, 5) is 0. The van der Waals surface area contributed by atoms with Crippen molar-refractivity contribution in [3.63, 3.8) is 0 Å². The summed E-state index contributed by atoms with van der Waals surface area (Å²) in [5.74, 6) is 1.72. The molecule has 0 heterocycles. The lowest BCUT2D eigenvalue weighted by Gasteiger charge is -2.05. The van der Waals surface area contributed by atoms with E-state index in [0.29, 0.717) is 0 Å². The van der Waals surface area contributed by atoms with Crippen molar-refractivity contribution in [2.45, 2.75) is 52.4 Å². The topological polar surface area (TPSA) is 0 Å². The Balaban J connectivity index is 2.11. The molecule has 1 unspecified atom stereocenters. The lowest BCUT2D eigenvalue weighted by molar-refractivity contribution is 0.596. The molecule has 0 aromatic carbocycles. The highest BCUT2D eigenvalue weighted by Gasteiger charge is 2.10. The van der Waals surface area contributed by atoms with Crippen LogP contribution >= 0.6 is 0 Å². The minimum atomic E-state index is 0.809. The first-order valence-corrected chi connectivity index (χ1v) is 6.10. The van der Waals surface area contributed by atoms with Gasteiger partial charge in [-0.15, -0.1) is 0 Å². The van der Waals surface area contributed by atoms with Gasteiger partial charge in [-0.25, -0.2) is 0 Å². The van der Waals surface area contributed by atoms with Crippen LogP contribution in [0.15, 0.2) is 24.3 Å². The van der Waals surface area contributed by atoms with Crippen molar-refractivity contribution in [1.29, 1.82) is 0 Å². The largest absolute Gasteiger partial charge is 0.0917 e. The molecule has 14 heavy (non-hydrogen) atoms. The zero-order chi connectivity index (χ0) is 10.2. The summed E-state index contributed by atoms with van der Waals surface area (Å²) < 4.78 is 0. The Morgan fingerprint density at radius 3 is 2.43 bits per heavy atom. The van der Waals surface area contributed by atoms with Gasteiger partial charge in [-0.2, -0.15) is 0 Å². The van der Waals surface area contributed by atoms with Gasteiger partial charge in [0.15, 0.2) is 0 Å². The molecule has 0 spiro atoms. The molecule has 0 amide bonds. The highest BCUT2D eigenvalue weighted by atomic mass is 14.2. The molecule has 0 radical (unpaired) electrons. The summed E-state index contributed by atoms with van der Waals surface area (Å²) in [6.45, 7) is 4.43. The molecule has 1 fully saturated rings. The van der Waals surface area contributed by atoms with E-state index in [2.05, 4.69) is 38.2 Å². The first-order valence-electron chi connectivity index (χ1n) is 6.10. The summed E-state index contributed by atoms with van der Waals surface area (Å²) in [5.41, 5.74) is 0. The highest BCUT2D eigenvalue weighted by molar-refractivity contribution is 4.92. The Morgan fingerprint density at radius 2 is 1.79 bits per heavy atom. The fraction of sp³-hybridized carbons (Fsp3) is 0.714. The smallest absolute Gasteiger partial charge is 0.0234 e. The van der Waals surface area contributed by atoms with E-state index in [4.69, 9.17) is 0 Å². The molecule has 0 N–H and O–H groups in total. The Labute approximate surface area is 89.1 Å². The molecule has 1 rings (SSSR count). The van der Waals surface area contributed by atoms with Gasteiger partial charge in [0, 0.05) is 0 Å². The standard InChI is InChI=1S/C14H24/c1-3-4-8-13(2)9-7-12-14-10-5-6-11-14/h3-4,7,12-14H,5-6,8-11H2,1-2H3/b4-3+,12-7+. The van der Waals surface area contributed by atoms with Crippen molar-refractivity contribution in [2.75, 3.05) is 0 Å². The molecule has 80 valence electrons. The SMILES string of the molecule is C/C=C/CC(C)C/C=C/C1CCCC1. The highest BCUT2D eigenvalue weighted by Crippen LogP contribution is 2.26. The average molecular weight is 192 g/mol. The van der Waals surface area contributed by atoms with Crippen molar-refractivity contribution in [2.24, 2.45) is 11.8 Å². The monoisotopic (exact) mass is 192 g/mol. The van der Waals surface area contributed by atoms with Gasteiger partial charge < -0.3 is 0 Å². The van der Waals surface area contributed by atoms with Crippen LogP contribution in [0.3, 0.4) is 0 Å². The molecule has 1 aliphatic rings. The maximum Gasteiger partial charge on any atom is -0.0234 e. The molecule has 1 atom stereocenters. The van der Waals surface area contributed by atoms with E-state index in [1.165, 1.54) is 38.5 Å². The Hall–Kier alpha value is -0.520. The predicted octanol–water partition coefficient (Wildman–Crippen LogP) is 4.73. The van der Waals surface area contributed by atoms with Crippen LogP contribution in [0.2, 0.25) is 0 Å². The molecular weight excluding hydrogens is 168 g/mol. The van der Waals surface area contributed by atoms with E-state index in [1.54, 1.807) is 0 Å². The molecule has 1 saturated carbocycles. The summed E-state index contributed by atoms with van der Waals surface area (Å²) in [6, 6.07) is 0. The summed E-state index contributed by atoms with van der Waals surface area (Å²) in [6.07, 6.45) is 17.5. The van der Waals surface area contributed by atoms with E-state index in [-0.39, 0.29) is 0 Å². The molecule has 1 aliphatic carbocycles. The van der Waals surface area contributed by atoms with Gasteiger partial charge in [-0.3, -0.25) is 0 Å². The van der Waals surface area contributed by atoms with E-state index in [1.807, 2.05) is 0 Å². The maximum atomic E-state index is 2.46. The van der Waals surface area contributed by atoms with Crippen molar-refractivity contribution >= 4 is 0 Å². The lowest BCUT2D eigenvalue weighted by atomic mass is 10.0. The number of allylic oxidation sites excluding steroid dienone is 4. The van der Waals surface area contributed by atoms with Crippen LogP contribution in [0.4, 0.5) is 0 Å². The molecule has 0 aromatic rings. The fourth-order valence-corrected chi connectivity index (χ4v) is 2.12. The van der Waals surface area contributed by atoms with Crippen LogP contribution in [-0.4, -0.2) is 0 Å². The molecule has 0 heteroatoms. The van der Waals surface area contributed by atoms with Crippen molar-refractivity contribution in [3.8, 4) is 0 Å². The zero-order valence-corrected chi connectivity index (χ0v) is 9.71. The normalized spacial score (nSPS) is 21.3. The van der Waals surface area contributed by atoms with Gasteiger partial charge in [-0.05, 0) is 44.4 Å². The van der Waals surface area contributed by atoms with Crippen LogP contribution in [0.1, 0.15) is 52.4 Å². The third-order valence-corrected chi connectivity index (χ3v) is 3.12. The summed E-state index contributed by atoms with van der Waals surface area (Å²) in [5, 5.41) is 0. The predicted molar refractivity (Wildman–Crippen MR) is 64.3 cm³/mol. The van der Waals surface area contributed by atoms with Crippen molar-refractivity contribution in [1.82, 2.24) is 0 Å². The minimum Gasteiger partial charge on any atom is -0.0917 e. The molecule has 0 nitrogen and oxygen atoms in total. The van der Waals surface area contributed by atoms with Gasteiger partial charge in [0.05, 0.1) is 0 Å². The molecular formula is C14H24. The second kappa shape index (κ2) is 6.86. The molecule has 0 aliphatic heterocycles. The number of hydrogen-bond donors (Lipinski definition) is 0. The van der Waals surface area contributed by atoms with Crippen LogP contribution in [-0.2, 0) is 0 Å². The first-order chi connectivity index (χ1) is 6.83. The first kappa shape index (κ1) is 11.6. The van der Waals surface area contributed by atoms with Gasteiger partial charge in [0.25, 0.3) is 0 Å². The van der Waals surface area contributed by atoms with Crippen LogP contribution < -0.4 is 0 Å².